The van der Waals surface area contributed by atoms with Crippen LogP contribution in [0.1, 0.15) is 52.1 Å². The minimum absolute atomic E-state index is 0.122. The fraction of sp³-hybridized carbons (Fsp3) is 0.407. The van der Waals surface area contributed by atoms with Gasteiger partial charge in [-0.05, 0) is 43.4 Å². The van der Waals surface area contributed by atoms with E-state index in [1.165, 1.54) is 16.8 Å². The lowest BCUT2D eigenvalue weighted by Gasteiger charge is -2.28. The van der Waals surface area contributed by atoms with E-state index in [-0.39, 0.29) is 5.91 Å². The third-order valence-electron chi connectivity index (χ3n) is 6.77. The van der Waals surface area contributed by atoms with E-state index in [0.717, 1.165) is 76.9 Å². The first kappa shape index (κ1) is 21.0. The number of hydrogen-bond donors (Lipinski definition) is 0. The van der Waals surface area contributed by atoms with E-state index in [2.05, 4.69) is 64.2 Å². The Morgan fingerprint density at radius 3 is 2.28 bits per heavy atom. The van der Waals surface area contributed by atoms with Gasteiger partial charge in [0.2, 0.25) is 0 Å². The van der Waals surface area contributed by atoms with Gasteiger partial charge in [-0.3, -0.25) is 14.4 Å². The van der Waals surface area contributed by atoms with Crippen LogP contribution in [-0.4, -0.2) is 51.7 Å². The highest BCUT2D eigenvalue weighted by Gasteiger charge is 2.31. The van der Waals surface area contributed by atoms with Crippen LogP contribution in [0, 0.1) is 0 Å². The third-order valence-corrected chi connectivity index (χ3v) is 6.77. The van der Waals surface area contributed by atoms with Crippen LogP contribution < -0.4 is 0 Å². The highest BCUT2D eigenvalue weighted by atomic mass is 16.2. The van der Waals surface area contributed by atoms with E-state index in [1.54, 1.807) is 0 Å². The molecule has 166 valence electrons. The highest BCUT2D eigenvalue weighted by Crippen LogP contribution is 2.26. The molecule has 2 aliphatic rings. The Kier molecular flexibility index (Phi) is 6.35. The second-order valence-corrected chi connectivity index (χ2v) is 9.03. The van der Waals surface area contributed by atoms with Crippen LogP contribution in [0.3, 0.4) is 0 Å². The Bertz CT molecular complexity index is 1040. The minimum Gasteiger partial charge on any atom is -0.337 e. The van der Waals surface area contributed by atoms with Gasteiger partial charge in [-0.15, -0.1) is 0 Å². The molecule has 0 spiro atoms. The standard InChI is InChI=1S/C27H32N4O/c32-27(30-17-7-8-18-30)26-24-21-29(16-9-14-22-10-3-1-4-11-22)19-15-25(24)31(28-26)20-23-12-5-2-6-13-23/h1-6,10-13H,7-9,14-21H2. The molecular formula is C27H32N4O. The maximum atomic E-state index is 13.3. The van der Waals surface area contributed by atoms with E-state index in [1.807, 2.05) is 11.0 Å². The van der Waals surface area contributed by atoms with Crippen molar-refractivity contribution in [3.05, 3.63) is 88.7 Å². The molecule has 1 fully saturated rings. The van der Waals surface area contributed by atoms with Crippen molar-refractivity contribution in [2.75, 3.05) is 26.2 Å². The Balaban J connectivity index is 1.34. The quantitative estimate of drug-likeness (QED) is 0.567. The molecule has 0 atom stereocenters. The molecule has 0 aliphatic carbocycles. The van der Waals surface area contributed by atoms with Crippen molar-refractivity contribution < 1.29 is 4.79 Å². The van der Waals surface area contributed by atoms with Gasteiger partial charge in [0.05, 0.1) is 6.54 Å². The van der Waals surface area contributed by atoms with Gasteiger partial charge in [0.1, 0.15) is 0 Å². The first-order valence-corrected chi connectivity index (χ1v) is 12.0. The van der Waals surface area contributed by atoms with E-state index >= 15 is 0 Å². The van der Waals surface area contributed by atoms with Gasteiger partial charge in [-0.25, -0.2) is 0 Å². The number of rotatable bonds is 7. The monoisotopic (exact) mass is 428 g/mol. The maximum Gasteiger partial charge on any atom is 0.274 e. The topological polar surface area (TPSA) is 41.4 Å². The molecule has 3 aromatic rings. The average Bonchev–Trinajstić information content (AvgIpc) is 3.49. The lowest BCUT2D eigenvalue weighted by atomic mass is 10.0. The molecule has 0 N–H and O–H groups in total. The molecule has 5 nitrogen and oxygen atoms in total. The molecule has 0 radical (unpaired) electrons. The molecular weight excluding hydrogens is 396 g/mol. The first-order valence-electron chi connectivity index (χ1n) is 12.0. The van der Waals surface area contributed by atoms with Gasteiger partial charge < -0.3 is 4.90 Å². The number of aryl methyl sites for hydroxylation is 1. The zero-order chi connectivity index (χ0) is 21.8. The predicted octanol–water partition coefficient (Wildman–Crippen LogP) is 4.16. The number of aromatic nitrogens is 2. The zero-order valence-electron chi connectivity index (χ0n) is 18.7. The van der Waals surface area contributed by atoms with E-state index in [4.69, 9.17) is 5.10 Å². The van der Waals surface area contributed by atoms with Crippen molar-refractivity contribution in [1.82, 2.24) is 19.6 Å². The van der Waals surface area contributed by atoms with Crippen molar-refractivity contribution in [1.29, 1.82) is 0 Å². The first-order chi connectivity index (χ1) is 15.8. The summed E-state index contributed by atoms with van der Waals surface area (Å²) in [5, 5.41) is 4.89. The summed E-state index contributed by atoms with van der Waals surface area (Å²) in [6, 6.07) is 21.1. The van der Waals surface area contributed by atoms with Gasteiger partial charge >= 0.3 is 0 Å². The minimum atomic E-state index is 0.122. The zero-order valence-corrected chi connectivity index (χ0v) is 18.7. The summed E-state index contributed by atoms with van der Waals surface area (Å²) in [7, 11) is 0. The Morgan fingerprint density at radius 1 is 0.875 bits per heavy atom. The van der Waals surface area contributed by atoms with Crippen molar-refractivity contribution in [3.63, 3.8) is 0 Å². The van der Waals surface area contributed by atoms with Gasteiger partial charge in [0.25, 0.3) is 5.91 Å². The third kappa shape index (κ3) is 4.63. The normalized spacial score (nSPS) is 16.3. The maximum absolute atomic E-state index is 13.3. The summed E-state index contributed by atoms with van der Waals surface area (Å²) in [6.45, 7) is 5.35. The summed E-state index contributed by atoms with van der Waals surface area (Å²) < 4.78 is 2.09. The molecule has 0 saturated carbocycles. The fourth-order valence-electron chi connectivity index (χ4n) is 5.02. The number of hydrogen-bond acceptors (Lipinski definition) is 3. The number of carbonyl (C=O) groups is 1. The van der Waals surface area contributed by atoms with Crippen LogP contribution in [0.5, 0.6) is 0 Å². The summed E-state index contributed by atoms with van der Waals surface area (Å²) in [5.41, 5.74) is 5.71. The molecule has 1 saturated heterocycles. The summed E-state index contributed by atoms with van der Waals surface area (Å²) in [5.74, 6) is 0.122. The van der Waals surface area contributed by atoms with Crippen LogP contribution in [0.25, 0.3) is 0 Å². The number of nitrogens with zero attached hydrogens (tertiary/aromatic N) is 4. The number of likely N-dealkylation sites (tertiary alicyclic amines) is 1. The molecule has 3 heterocycles. The molecule has 1 amide bonds. The Labute approximate surface area is 190 Å². The summed E-state index contributed by atoms with van der Waals surface area (Å²) >= 11 is 0. The SMILES string of the molecule is O=C(c1nn(Cc2ccccc2)c2c1CN(CCCc1ccccc1)CC2)N1CCCC1. The highest BCUT2D eigenvalue weighted by molar-refractivity contribution is 5.94. The van der Waals surface area contributed by atoms with Crippen LogP contribution >= 0.6 is 0 Å². The molecule has 2 aliphatic heterocycles. The predicted molar refractivity (Wildman–Crippen MR) is 127 cm³/mol. The van der Waals surface area contributed by atoms with Crippen molar-refractivity contribution in [2.45, 2.75) is 45.2 Å². The summed E-state index contributed by atoms with van der Waals surface area (Å²) in [6.07, 6.45) is 5.38. The van der Waals surface area contributed by atoms with Crippen molar-refractivity contribution >= 4 is 5.91 Å². The van der Waals surface area contributed by atoms with E-state index in [0.29, 0.717) is 5.69 Å². The molecule has 5 rings (SSSR count). The number of amides is 1. The lowest BCUT2D eigenvalue weighted by molar-refractivity contribution is 0.0783. The molecule has 5 heteroatoms. The van der Waals surface area contributed by atoms with Crippen molar-refractivity contribution in [3.8, 4) is 0 Å². The van der Waals surface area contributed by atoms with Crippen molar-refractivity contribution in [2.24, 2.45) is 0 Å². The second-order valence-electron chi connectivity index (χ2n) is 9.03. The summed E-state index contributed by atoms with van der Waals surface area (Å²) in [4.78, 5) is 17.8. The second kappa shape index (κ2) is 9.70. The molecule has 1 aromatic heterocycles. The number of fused-ring (bicyclic) bond motifs is 1. The molecule has 2 aromatic carbocycles. The van der Waals surface area contributed by atoms with Crippen LogP contribution in [0.15, 0.2) is 60.7 Å². The van der Waals surface area contributed by atoms with Crippen LogP contribution in [0.2, 0.25) is 0 Å². The van der Waals surface area contributed by atoms with Gasteiger partial charge in [0.15, 0.2) is 5.69 Å². The van der Waals surface area contributed by atoms with Gasteiger partial charge in [-0.2, -0.15) is 5.10 Å². The van der Waals surface area contributed by atoms with Gasteiger partial charge in [0, 0.05) is 43.9 Å². The largest absolute Gasteiger partial charge is 0.337 e. The number of carbonyl (C=O) groups excluding carboxylic acids is 1. The smallest absolute Gasteiger partial charge is 0.274 e. The van der Waals surface area contributed by atoms with Gasteiger partial charge in [-0.1, -0.05) is 60.7 Å². The molecule has 32 heavy (non-hydrogen) atoms. The van der Waals surface area contributed by atoms with E-state index in [9.17, 15) is 4.79 Å². The van der Waals surface area contributed by atoms with Crippen LogP contribution in [0.4, 0.5) is 0 Å². The molecule has 0 bridgehead atoms. The fourth-order valence-corrected chi connectivity index (χ4v) is 5.02. The van der Waals surface area contributed by atoms with Crippen LogP contribution in [-0.2, 0) is 25.9 Å². The lowest BCUT2D eigenvalue weighted by Crippen LogP contribution is -2.34. The number of benzene rings is 2. The molecule has 0 unspecified atom stereocenters. The Hall–Kier alpha value is -2.92. The Morgan fingerprint density at radius 2 is 1.56 bits per heavy atom. The van der Waals surface area contributed by atoms with E-state index < -0.39 is 0 Å². The average molecular weight is 429 g/mol.